The van der Waals surface area contributed by atoms with Crippen LogP contribution in [0.3, 0.4) is 0 Å². The molecule has 0 radical (unpaired) electrons. The van der Waals surface area contributed by atoms with Gasteiger partial charge in [0.15, 0.2) is 17.3 Å². The Kier molecular flexibility index (Phi) is 5.72. The number of carbonyl (C=O) groups is 1. The molecular weight excluding hydrogens is 470 g/mol. The van der Waals surface area contributed by atoms with E-state index in [1.165, 1.54) is 42.7 Å². The molecule has 5 rings (SSSR count). The zero-order chi connectivity index (χ0) is 25.4. The lowest BCUT2D eigenvalue weighted by molar-refractivity contribution is 0.102. The monoisotopic (exact) mass is 488 g/mol. The van der Waals surface area contributed by atoms with Crippen LogP contribution in [0.15, 0.2) is 71.9 Å². The van der Waals surface area contributed by atoms with Crippen molar-refractivity contribution in [3.05, 3.63) is 100 Å². The average molecular weight is 488 g/mol. The second kappa shape index (κ2) is 9.02. The van der Waals surface area contributed by atoms with Crippen LogP contribution in [0.4, 0.5) is 14.5 Å². The number of rotatable bonds is 5. The normalized spacial score (nSPS) is 11.0. The molecule has 0 spiro atoms. The molecule has 180 valence electrons. The molecule has 1 N–H and O–H groups in total. The number of nitrogens with zero attached hydrogens (tertiary/aromatic N) is 5. The Balaban J connectivity index is 1.39. The summed E-state index contributed by atoms with van der Waals surface area (Å²) in [5, 5.41) is 7.27. The molecule has 0 saturated carbocycles. The third kappa shape index (κ3) is 4.29. The number of fused-ring (bicyclic) bond motifs is 1. The molecule has 0 bridgehead atoms. The van der Waals surface area contributed by atoms with Gasteiger partial charge in [-0.2, -0.15) is 9.78 Å². The molecule has 1 amide bonds. The van der Waals surface area contributed by atoms with E-state index in [2.05, 4.69) is 20.4 Å². The van der Waals surface area contributed by atoms with Crippen LogP contribution in [-0.4, -0.2) is 30.2 Å². The third-order valence-electron chi connectivity index (χ3n) is 5.41. The maximum atomic E-state index is 14.8. The van der Waals surface area contributed by atoms with Gasteiger partial charge in [0.2, 0.25) is 5.88 Å². The van der Waals surface area contributed by atoms with Crippen molar-refractivity contribution in [2.75, 3.05) is 5.32 Å². The van der Waals surface area contributed by atoms with E-state index in [1.807, 2.05) is 7.05 Å². The Morgan fingerprint density at radius 2 is 1.89 bits per heavy atom. The van der Waals surface area contributed by atoms with E-state index in [4.69, 9.17) is 4.74 Å². The van der Waals surface area contributed by atoms with Crippen molar-refractivity contribution in [1.29, 1.82) is 0 Å². The van der Waals surface area contributed by atoms with E-state index in [1.54, 1.807) is 23.8 Å². The predicted molar refractivity (Wildman–Crippen MR) is 127 cm³/mol. The first-order valence-corrected chi connectivity index (χ1v) is 10.7. The molecule has 3 aromatic heterocycles. The minimum Gasteiger partial charge on any atom is -0.435 e. The molecule has 0 aliphatic heterocycles. The van der Waals surface area contributed by atoms with Crippen molar-refractivity contribution in [3.63, 3.8) is 0 Å². The van der Waals surface area contributed by atoms with E-state index < -0.39 is 23.1 Å². The summed E-state index contributed by atoms with van der Waals surface area (Å²) in [5.74, 6) is -1.86. The summed E-state index contributed by atoms with van der Waals surface area (Å²) in [7, 11) is 1.82. The zero-order valence-corrected chi connectivity index (χ0v) is 19.1. The minimum atomic E-state index is -0.732. The fourth-order valence-corrected chi connectivity index (χ4v) is 3.65. The highest BCUT2D eigenvalue weighted by atomic mass is 19.1. The molecular formula is C25H18F2N6O3. The van der Waals surface area contributed by atoms with Gasteiger partial charge in [-0.05, 0) is 48.9 Å². The Bertz CT molecular complexity index is 1700. The molecule has 0 fully saturated rings. The Morgan fingerprint density at radius 3 is 2.67 bits per heavy atom. The summed E-state index contributed by atoms with van der Waals surface area (Å²) in [6.45, 7) is 1.54. The van der Waals surface area contributed by atoms with Gasteiger partial charge in [0.25, 0.3) is 11.5 Å². The van der Waals surface area contributed by atoms with Crippen molar-refractivity contribution in [2.45, 2.75) is 6.92 Å². The van der Waals surface area contributed by atoms with Gasteiger partial charge < -0.3 is 14.6 Å². The minimum absolute atomic E-state index is 0.0768. The summed E-state index contributed by atoms with van der Waals surface area (Å²) in [6.07, 6.45) is 3.11. The van der Waals surface area contributed by atoms with Crippen LogP contribution < -0.4 is 15.6 Å². The third-order valence-corrected chi connectivity index (χ3v) is 5.41. The summed E-state index contributed by atoms with van der Waals surface area (Å²) >= 11 is 0. The number of nitrogens with one attached hydrogen (secondary N) is 1. The van der Waals surface area contributed by atoms with Crippen LogP contribution in [-0.2, 0) is 7.05 Å². The molecule has 0 aliphatic rings. The highest BCUT2D eigenvalue weighted by Gasteiger charge is 2.17. The van der Waals surface area contributed by atoms with Crippen molar-refractivity contribution in [2.24, 2.45) is 7.05 Å². The highest BCUT2D eigenvalue weighted by molar-refractivity contribution is 6.03. The number of hydrogen-bond donors (Lipinski definition) is 1. The standard InChI is InChI=1S/C25H18F2N6O3/c1-14-10-21(34)33(17-5-3-4-15(26)11-17)31-22(14)24(35)30-16-6-7-20(19(27)12-16)36-25-18-8-9-32(2)23(18)28-13-29-25/h3-13H,1-2H3,(H,30,35). The number of aryl methyl sites for hydroxylation is 2. The molecule has 9 nitrogen and oxygen atoms in total. The second-order valence-electron chi connectivity index (χ2n) is 7.95. The van der Waals surface area contributed by atoms with Crippen LogP contribution in [0.5, 0.6) is 11.6 Å². The lowest BCUT2D eigenvalue weighted by atomic mass is 10.2. The Hall–Kier alpha value is -4.93. The Labute approximate surface area is 202 Å². The molecule has 0 atom stereocenters. The van der Waals surface area contributed by atoms with Crippen molar-refractivity contribution >= 4 is 22.6 Å². The first kappa shape index (κ1) is 22.8. The van der Waals surface area contributed by atoms with Gasteiger partial charge in [0.05, 0.1) is 11.1 Å². The van der Waals surface area contributed by atoms with E-state index in [0.717, 1.165) is 16.8 Å². The van der Waals surface area contributed by atoms with Crippen molar-refractivity contribution in [1.82, 2.24) is 24.3 Å². The van der Waals surface area contributed by atoms with Gasteiger partial charge in [-0.3, -0.25) is 9.59 Å². The number of ether oxygens (including phenoxy) is 1. The van der Waals surface area contributed by atoms with E-state index in [0.29, 0.717) is 16.6 Å². The van der Waals surface area contributed by atoms with Gasteiger partial charge in [-0.15, -0.1) is 0 Å². The van der Waals surface area contributed by atoms with Crippen molar-refractivity contribution < 1.29 is 18.3 Å². The first-order chi connectivity index (χ1) is 17.3. The number of amides is 1. The van der Waals surface area contributed by atoms with E-state index in [9.17, 15) is 18.4 Å². The molecule has 3 heterocycles. The van der Waals surface area contributed by atoms with E-state index in [-0.39, 0.29) is 28.7 Å². The van der Waals surface area contributed by atoms with Gasteiger partial charge in [0, 0.05) is 31.1 Å². The predicted octanol–water partition coefficient (Wildman–Crippen LogP) is 4.15. The zero-order valence-electron chi connectivity index (χ0n) is 19.1. The summed E-state index contributed by atoms with van der Waals surface area (Å²) in [4.78, 5) is 33.5. The molecule has 0 aliphatic carbocycles. The number of anilines is 1. The number of hydrogen-bond acceptors (Lipinski definition) is 6. The fourth-order valence-electron chi connectivity index (χ4n) is 3.65. The number of benzene rings is 2. The summed E-state index contributed by atoms with van der Waals surface area (Å²) in [5.41, 5.74) is 0.639. The molecule has 0 unspecified atom stereocenters. The molecule has 36 heavy (non-hydrogen) atoms. The number of carbonyl (C=O) groups excluding carboxylic acids is 1. The van der Waals surface area contributed by atoms with Gasteiger partial charge in [0.1, 0.15) is 17.8 Å². The molecule has 5 aromatic rings. The van der Waals surface area contributed by atoms with E-state index >= 15 is 0 Å². The average Bonchev–Trinajstić information content (AvgIpc) is 3.22. The summed E-state index contributed by atoms with van der Waals surface area (Å²) in [6, 6.07) is 12.2. The molecule has 2 aromatic carbocycles. The first-order valence-electron chi connectivity index (χ1n) is 10.7. The maximum absolute atomic E-state index is 14.8. The van der Waals surface area contributed by atoms with Crippen LogP contribution in [0.2, 0.25) is 0 Å². The second-order valence-corrected chi connectivity index (χ2v) is 7.95. The van der Waals surface area contributed by atoms with Gasteiger partial charge >= 0.3 is 0 Å². The van der Waals surface area contributed by atoms with Crippen LogP contribution in [0.1, 0.15) is 16.1 Å². The van der Waals surface area contributed by atoms with Crippen molar-refractivity contribution in [3.8, 4) is 17.3 Å². The SMILES string of the molecule is Cc1cc(=O)n(-c2cccc(F)c2)nc1C(=O)Nc1ccc(Oc2ncnc3c2ccn3C)c(F)c1. The van der Waals surface area contributed by atoms with Crippen LogP contribution in [0.25, 0.3) is 16.7 Å². The topological polar surface area (TPSA) is 104 Å². The molecule has 0 saturated heterocycles. The lowest BCUT2D eigenvalue weighted by Gasteiger charge is -2.11. The quantitative estimate of drug-likeness (QED) is 0.399. The Morgan fingerprint density at radius 1 is 1.06 bits per heavy atom. The number of aromatic nitrogens is 5. The molecule has 11 heteroatoms. The smallest absolute Gasteiger partial charge is 0.276 e. The fraction of sp³-hybridized carbons (Fsp3) is 0.0800. The highest BCUT2D eigenvalue weighted by Crippen LogP contribution is 2.30. The lowest BCUT2D eigenvalue weighted by Crippen LogP contribution is -2.26. The van der Waals surface area contributed by atoms with Gasteiger partial charge in [-0.1, -0.05) is 6.07 Å². The van der Waals surface area contributed by atoms with Crippen LogP contribution in [0, 0.1) is 18.6 Å². The van der Waals surface area contributed by atoms with Gasteiger partial charge in [-0.25, -0.2) is 18.7 Å². The largest absolute Gasteiger partial charge is 0.435 e. The summed E-state index contributed by atoms with van der Waals surface area (Å²) < 4.78 is 36.8. The number of halogens is 2. The van der Waals surface area contributed by atoms with Crippen LogP contribution >= 0.6 is 0 Å². The maximum Gasteiger partial charge on any atom is 0.276 e.